The molecule has 1 aromatic carbocycles. The SMILES string of the molecule is CC(=O)CC(=O)OCC=C(CBr)c1ccccc1. The zero-order valence-electron chi connectivity index (χ0n) is 10.2. The van der Waals surface area contributed by atoms with E-state index in [1.165, 1.54) is 6.92 Å². The van der Waals surface area contributed by atoms with Crippen LogP contribution < -0.4 is 0 Å². The van der Waals surface area contributed by atoms with Crippen LogP contribution in [0.3, 0.4) is 0 Å². The van der Waals surface area contributed by atoms with Gasteiger partial charge in [0.1, 0.15) is 18.8 Å². The molecule has 0 bridgehead atoms. The zero-order chi connectivity index (χ0) is 13.4. The van der Waals surface area contributed by atoms with Crippen molar-refractivity contribution in [2.24, 2.45) is 0 Å². The number of rotatable bonds is 6. The number of halogens is 1. The molecule has 0 atom stereocenters. The Morgan fingerprint density at radius 2 is 1.94 bits per heavy atom. The van der Waals surface area contributed by atoms with Crippen LogP contribution in [0, 0.1) is 0 Å². The van der Waals surface area contributed by atoms with E-state index < -0.39 is 5.97 Å². The van der Waals surface area contributed by atoms with Crippen LogP contribution in [0.25, 0.3) is 5.57 Å². The fourth-order valence-electron chi connectivity index (χ4n) is 1.39. The highest BCUT2D eigenvalue weighted by molar-refractivity contribution is 9.09. The van der Waals surface area contributed by atoms with Crippen molar-refractivity contribution < 1.29 is 14.3 Å². The number of hydrogen-bond acceptors (Lipinski definition) is 3. The Hall–Kier alpha value is -1.42. The lowest BCUT2D eigenvalue weighted by atomic mass is 10.1. The average molecular weight is 311 g/mol. The molecular formula is C14H15BrO3. The largest absolute Gasteiger partial charge is 0.461 e. The van der Waals surface area contributed by atoms with Crippen molar-refractivity contribution in [3.8, 4) is 0 Å². The fourth-order valence-corrected chi connectivity index (χ4v) is 1.94. The molecule has 1 aromatic rings. The summed E-state index contributed by atoms with van der Waals surface area (Å²) in [5.74, 6) is -0.673. The summed E-state index contributed by atoms with van der Waals surface area (Å²) in [6, 6.07) is 9.83. The monoisotopic (exact) mass is 310 g/mol. The Labute approximate surface area is 115 Å². The molecule has 4 heteroatoms. The van der Waals surface area contributed by atoms with Crippen molar-refractivity contribution in [2.75, 3.05) is 11.9 Å². The molecule has 0 N–H and O–H groups in total. The minimum atomic E-state index is -0.485. The second-order valence-corrected chi connectivity index (χ2v) is 4.35. The van der Waals surface area contributed by atoms with Crippen molar-refractivity contribution in [1.29, 1.82) is 0 Å². The van der Waals surface area contributed by atoms with Gasteiger partial charge in [0.2, 0.25) is 0 Å². The topological polar surface area (TPSA) is 43.4 Å². The number of Topliss-reactive ketones (excluding diaryl/α,β-unsaturated/α-hetero) is 1. The summed E-state index contributed by atoms with van der Waals surface area (Å²) in [5, 5.41) is 0.682. The first-order chi connectivity index (χ1) is 8.63. The predicted octanol–water partition coefficient (Wildman–Crippen LogP) is 2.99. The van der Waals surface area contributed by atoms with E-state index in [0.717, 1.165) is 11.1 Å². The molecule has 0 heterocycles. The van der Waals surface area contributed by atoms with Crippen LogP contribution in [0.5, 0.6) is 0 Å². The standard InChI is InChI=1S/C14H15BrO3/c1-11(16)9-14(17)18-8-7-13(10-15)12-5-3-2-4-6-12/h2-7H,8-10H2,1H3. The van der Waals surface area contributed by atoms with E-state index in [9.17, 15) is 9.59 Å². The van der Waals surface area contributed by atoms with Crippen molar-refractivity contribution in [3.63, 3.8) is 0 Å². The molecular weight excluding hydrogens is 296 g/mol. The zero-order valence-corrected chi connectivity index (χ0v) is 11.8. The number of ether oxygens (including phenoxy) is 1. The number of benzene rings is 1. The Morgan fingerprint density at radius 3 is 2.50 bits per heavy atom. The molecule has 0 aliphatic heterocycles. The van der Waals surface area contributed by atoms with Gasteiger partial charge in [-0.25, -0.2) is 0 Å². The molecule has 0 amide bonds. The van der Waals surface area contributed by atoms with Gasteiger partial charge in [-0.2, -0.15) is 0 Å². The quantitative estimate of drug-likeness (QED) is 0.461. The Balaban J connectivity index is 2.54. The third-order valence-electron chi connectivity index (χ3n) is 2.26. The molecule has 0 radical (unpaired) electrons. The molecule has 0 saturated heterocycles. The maximum absolute atomic E-state index is 11.2. The molecule has 18 heavy (non-hydrogen) atoms. The molecule has 0 aliphatic carbocycles. The smallest absolute Gasteiger partial charge is 0.313 e. The van der Waals surface area contributed by atoms with Gasteiger partial charge in [0.05, 0.1) is 0 Å². The highest BCUT2D eigenvalue weighted by Gasteiger charge is 2.05. The van der Waals surface area contributed by atoms with Gasteiger partial charge in [-0.05, 0) is 24.1 Å². The first-order valence-electron chi connectivity index (χ1n) is 5.59. The second-order valence-electron chi connectivity index (χ2n) is 3.79. The number of esters is 1. The summed E-state index contributed by atoms with van der Waals surface area (Å²) >= 11 is 3.40. The van der Waals surface area contributed by atoms with Crippen molar-refractivity contribution >= 4 is 33.3 Å². The molecule has 0 fully saturated rings. The van der Waals surface area contributed by atoms with Gasteiger partial charge in [-0.1, -0.05) is 46.3 Å². The molecule has 0 spiro atoms. The van der Waals surface area contributed by atoms with Crippen LogP contribution in [0.4, 0.5) is 0 Å². The normalized spacial score (nSPS) is 11.1. The van der Waals surface area contributed by atoms with Crippen LogP contribution in [-0.4, -0.2) is 23.7 Å². The van der Waals surface area contributed by atoms with E-state index in [2.05, 4.69) is 15.9 Å². The van der Waals surface area contributed by atoms with E-state index in [-0.39, 0.29) is 18.8 Å². The molecule has 0 saturated carbocycles. The van der Waals surface area contributed by atoms with Crippen LogP contribution in [0.1, 0.15) is 18.9 Å². The summed E-state index contributed by atoms with van der Waals surface area (Å²) in [5.41, 5.74) is 2.13. The fraction of sp³-hybridized carbons (Fsp3) is 0.286. The molecule has 3 nitrogen and oxygen atoms in total. The summed E-state index contributed by atoms with van der Waals surface area (Å²) in [6.07, 6.45) is 1.67. The van der Waals surface area contributed by atoms with E-state index >= 15 is 0 Å². The number of carbonyl (C=O) groups excluding carboxylic acids is 2. The van der Waals surface area contributed by atoms with Gasteiger partial charge in [0.15, 0.2) is 0 Å². The second kappa shape index (κ2) is 7.82. The molecule has 0 aliphatic rings. The maximum atomic E-state index is 11.2. The summed E-state index contributed by atoms with van der Waals surface area (Å²) in [4.78, 5) is 21.9. The number of allylic oxidation sites excluding steroid dienone is 1. The molecule has 96 valence electrons. The van der Waals surface area contributed by atoms with Crippen LogP contribution in [0.2, 0.25) is 0 Å². The lowest BCUT2D eigenvalue weighted by molar-refractivity contribution is -0.144. The van der Waals surface area contributed by atoms with Gasteiger partial charge in [0, 0.05) is 5.33 Å². The number of carbonyl (C=O) groups is 2. The summed E-state index contributed by atoms with van der Waals surface area (Å²) in [7, 11) is 0. The average Bonchev–Trinajstić information content (AvgIpc) is 2.35. The first kappa shape index (κ1) is 14.6. The van der Waals surface area contributed by atoms with E-state index in [4.69, 9.17) is 4.74 Å². The van der Waals surface area contributed by atoms with Gasteiger partial charge in [-0.3, -0.25) is 9.59 Å². The van der Waals surface area contributed by atoms with Crippen molar-refractivity contribution in [2.45, 2.75) is 13.3 Å². The number of alkyl halides is 1. The van der Waals surface area contributed by atoms with Crippen molar-refractivity contribution in [3.05, 3.63) is 42.0 Å². The highest BCUT2D eigenvalue weighted by Crippen LogP contribution is 2.16. The van der Waals surface area contributed by atoms with Crippen LogP contribution >= 0.6 is 15.9 Å². The summed E-state index contributed by atoms with van der Waals surface area (Å²) in [6.45, 7) is 1.55. The summed E-state index contributed by atoms with van der Waals surface area (Å²) < 4.78 is 4.95. The maximum Gasteiger partial charge on any atom is 0.313 e. The van der Waals surface area contributed by atoms with Crippen molar-refractivity contribution in [1.82, 2.24) is 0 Å². The van der Waals surface area contributed by atoms with Gasteiger partial charge in [0.25, 0.3) is 0 Å². The Morgan fingerprint density at radius 1 is 1.28 bits per heavy atom. The van der Waals surface area contributed by atoms with E-state index in [0.29, 0.717) is 5.33 Å². The third-order valence-corrected chi connectivity index (χ3v) is 2.86. The Bertz CT molecular complexity index is 438. The van der Waals surface area contributed by atoms with Gasteiger partial charge < -0.3 is 4.74 Å². The Kier molecular flexibility index (Phi) is 6.36. The first-order valence-corrected chi connectivity index (χ1v) is 6.71. The molecule has 0 aromatic heterocycles. The predicted molar refractivity (Wildman–Crippen MR) is 74.5 cm³/mol. The number of hydrogen-bond donors (Lipinski definition) is 0. The lowest BCUT2D eigenvalue weighted by Gasteiger charge is -2.05. The van der Waals surface area contributed by atoms with E-state index in [1.54, 1.807) is 0 Å². The van der Waals surface area contributed by atoms with Crippen LogP contribution in [0.15, 0.2) is 36.4 Å². The minimum absolute atomic E-state index is 0.164. The highest BCUT2D eigenvalue weighted by atomic mass is 79.9. The van der Waals surface area contributed by atoms with E-state index in [1.807, 2.05) is 36.4 Å². The lowest BCUT2D eigenvalue weighted by Crippen LogP contribution is -2.09. The third kappa shape index (κ3) is 5.27. The van der Waals surface area contributed by atoms with Gasteiger partial charge in [-0.15, -0.1) is 0 Å². The van der Waals surface area contributed by atoms with Crippen LogP contribution in [-0.2, 0) is 14.3 Å². The molecule has 1 rings (SSSR count). The molecule has 0 unspecified atom stereocenters. The van der Waals surface area contributed by atoms with Gasteiger partial charge >= 0.3 is 5.97 Å². The number of ketones is 1. The minimum Gasteiger partial charge on any atom is -0.461 e.